The Kier molecular flexibility index (Phi) is 7.08. The molecule has 3 rings (SSSR count). The van der Waals surface area contributed by atoms with Crippen LogP contribution in [0.2, 0.25) is 0 Å². The lowest BCUT2D eigenvalue weighted by molar-refractivity contribution is -0.127. The fourth-order valence-electron chi connectivity index (χ4n) is 3.66. The second kappa shape index (κ2) is 9.97. The van der Waals surface area contributed by atoms with Gasteiger partial charge in [0.05, 0.1) is 0 Å². The van der Waals surface area contributed by atoms with Crippen molar-refractivity contribution in [3.05, 3.63) is 17.5 Å². The molecule has 0 atom stereocenters. The molecule has 3 aromatic heterocycles. The average Bonchev–Trinajstić information content (AvgIpc) is 2.71. The fraction of sp³-hybridized carbons (Fsp3) is 0.444. The molecule has 0 bridgehead atoms. The molecule has 0 spiro atoms. The zero-order chi connectivity index (χ0) is 24.9. The van der Waals surface area contributed by atoms with Crippen LogP contribution in [0.3, 0.4) is 0 Å². The molecule has 0 radical (unpaired) electrons. The molecule has 0 saturated carbocycles. The predicted octanol–water partition coefficient (Wildman–Crippen LogP) is -1.49. The number of nitrogens with zero attached hydrogens (tertiary/aromatic N) is 9. The van der Waals surface area contributed by atoms with Crippen molar-refractivity contribution in [1.29, 1.82) is 0 Å². The molecule has 0 aromatic carbocycles. The number of nitrogen functional groups attached to an aromatic ring is 6. The third kappa shape index (κ3) is 6.27. The van der Waals surface area contributed by atoms with E-state index >= 15 is 0 Å². The Bertz CT molecular complexity index is 989. The second-order valence-corrected chi connectivity index (χ2v) is 7.74. The van der Waals surface area contributed by atoms with Crippen LogP contribution in [0.5, 0.6) is 0 Å². The first-order valence-corrected chi connectivity index (χ1v) is 10.3. The maximum atomic E-state index is 13.0. The van der Waals surface area contributed by atoms with Crippen LogP contribution in [0.1, 0.15) is 43.7 Å². The van der Waals surface area contributed by atoms with E-state index in [1.807, 2.05) is 0 Å². The molecule has 3 heterocycles. The minimum Gasteiger partial charge on any atom is -0.368 e. The summed E-state index contributed by atoms with van der Waals surface area (Å²) in [7, 11) is 0. The van der Waals surface area contributed by atoms with Gasteiger partial charge in [0.25, 0.3) is 0 Å². The van der Waals surface area contributed by atoms with E-state index in [2.05, 4.69) is 44.9 Å². The molecular weight excluding hydrogens is 442 g/mol. The lowest BCUT2D eigenvalue weighted by Gasteiger charge is -2.31. The fourth-order valence-corrected chi connectivity index (χ4v) is 3.66. The minimum atomic E-state index is -0.859. The van der Waals surface area contributed by atoms with Gasteiger partial charge < -0.3 is 34.4 Å². The molecule has 0 fully saturated rings. The molecule has 0 aliphatic heterocycles. The number of carbonyl (C=O) groups excluding carboxylic acids is 1. The SMILES string of the molecule is CC(=O)C(CCc1nc(N)nc(N)n1)(CCc1nc(N)nc(N)n1)CCc1nc(N)nc(N)n1. The number of aromatic nitrogens is 9. The van der Waals surface area contributed by atoms with E-state index < -0.39 is 5.41 Å². The number of Topliss-reactive ketones (excluding diaryl/α,β-unsaturated/α-hetero) is 1. The molecule has 0 amide bonds. The van der Waals surface area contributed by atoms with Gasteiger partial charge in [0, 0.05) is 24.7 Å². The Hall–Kier alpha value is -4.50. The topological polar surface area (TPSA) is 289 Å². The second-order valence-electron chi connectivity index (χ2n) is 7.74. The number of rotatable bonds is 10. The largest absolute Gasteiger partial charge is 0.368 e. The van der Waals surface area contributed by atoms with Gasteiger partial charge in [0.2, 0.25) is 35.7 Å². The smallest absolute Gasteiger partial charge is 0.225 e. The molecule has 180 valence electrons. The van der Waals surface area contributed by atoms with Crippen LogP contribution in [-0.4, -0.2) is 50.6 Å². The Balaban J connectivity index is 1.87. The number of hydrogen-bond donors (Lipinski definition) is 6. The van der Waals surface area contributed by atoms with Crippen molar-refractivity contribution in [1.82, 2.24) is 44.9 Å². The molecular formula is C18H27N15O. The average molecular weight is 470 g/mol. The molecule has 0 aliphatic carbocycles. The van der Waals surface area contributed by atoms with E-state index in [1.54, 1.807) is 0 Å². The van der Waals surface area contributed by atoms with Crippen LogP contribution in [-0.2, 0) is 24.1 Å². The normalized spacial score (nSPS) is 11.4. The van der Waals surface area contributed by atoms with Crippen LogP contribution in [0.15, 0.2) is 0 Å². The summed E-state index contributed by atoms with van der Waals surface area (Å²) in [4.78, 5) is 49.0. The number of hydrogen-bond acceptors (Lipinski definition) is 16. The number of aryl methyl sites for hydroxylation is 3. The van der Waals surface area contributed by atoms with Gasteiger partial charge in [-0.1, -0.05) is 0 Å². The summed E-state index contributed by atoms with van der Waals surface area (Å²) in [6, 6.07) is 0. The molecule has 3 aromatic rings. The van der Waals surface area contributed by atoms with Crippen molar-refractivity contribution in [2.75, 3.05) is 34.4 Å². The van der Waals surface area contributed by atoms with E-state index in [0.29, 0.717) is 56.0 Å². The maximum Gasteiger partial charge on any atom is 0.225 e. The van der Waals surface area contributed by atoms with E-state index in [4.69, 9.17) is 34.4 Å². The molecule has 16 nitrogen and oxygen atoms in total. The highest BCUT2D eigenvalue weighted by Gasteiger charge is 2.35. The number of ketones is 1. The number of carbonyl (C=O) groups is 1. The van der Waals surface area contributed by atoms with Crippen LogP contribution >= 0.6 is 0 Å². The zero-order valence-electron chi connectivity index (χ0n) is 18.6. The highest BCUT2D eigenvalue weighted by Crippen LogP contribution is 2.36. The molecule has 0 saturated heterocycles. The van der Waals surface area contributed by atoms with Crippen molar-refractivity contribution in [2.45, 2.75) is 45.4 Å². The highest BCUT2D eigenvalue weighted by atomic mass is 16.1. The van der Waals surface area contributed by atoms with E-state index in [0.717, 1.165) is 0 Å². The minimum absolute atomic E-state index is 0.00296. The summed E-state index contributed by atoms with van der Waals surface area (Å²) in [5, 5.41) is 0. The maximum absolute atomic E-state index is 13.0. The standard InChI is InChI=1S/C18H27N15O/c1-8(34)18(5-2-9-25-12(19)31-13(20)26-9,6-3-10-27-14(21)32-15(22)28-10)7-4-11-29-16(23)33-17(24)30-11/h2-7H2,1H3,(H4,19,20,25,26,31)(H4,21,22,27,28,32)(H4,23,24,29,30,33). The Morgan fingerprint density at radius 2 is 0.765 bits per heavy atom. The van der Waals surface area contributed by atoms with Gasteiger partial charge in [0.1, 0.15) is 23.3 Å². The lowest BCUT2D eigenvalue weighted by Crippen LogP contribution is -2.32. The van der Waals surface area contributed by atoms with Crippen molar-refractivity contribution in [3.63, 3.8) is 0 Å². The summed E-state index contributed by atoms with van der Waals surface area (Å²) in [6.07, 6.45) is 2.07. The van der Waals surface area contributed by atoms with Gasteiger partial charge in [-0.25, -0.2) is 0 Å². The van der Waals surface area contributed by atoms with Crippen molar-refractivity contribution in [3.8, 4) is 0 Å². The van der Waals surface area contributed by atoms with Gasteiger partial charge >= 0.3 is 0 Å². The highest BCUT2D eigenvalue weighted by molar-refractivity contribution is 5.82. The van der Waals surface area contributed by atoms with Crippen LogP contribution in [0.4, 0.5) is 35.7 Å². The third-order valence-corrected chi connectivity index (χ3v) is 5.38. The summed E-state index contributed by atoms with van der Waals surface area (Å²) < 4.78 is 0. The van der Waals surface area contributed by atoms with Gasteiger partial charge in [-0.3, -0.25) is 4.79 Å². The summed E-state index contributed by atoms with van der Waals surface area (Å²) in [5.74, 6) is 1.07. The zero-order valence-corrected chi connectivity index (χ0v) is 18.6. The molecule has 12 N–H and O–H groups in total. The molecule has 16 heteroatoms. The van der Waals surface area contributed by atoms with Crippen molar-refractivity contribution in [2.24, 2.45) is 5.41 Å². The monoisotopic (exact) mass is 469 g/mol. The van der Waals surface area contributed by atoms with Crippen molar-refractivity contribution < 1.29 is 4.79 Å². The number of anilines is 6. The summed E-state index contributed by atoms with van der Waals surface area (Å²) in [6.45, 7) is 1.52. The van der Waals surface area contributed by atoms with Crippen molar-refractivity contribution >= 4 is 41.5 Å². The van der Waals surface area contributed by atoms with Gasteiger partial charge in [0.15, 0.2) is 0 Å². The molecule has 0 aliphatic rings. The van der Waals surface area contributed by atoms with E-state index in [1.165, 1.54) is 6.92 Å². The lowest BCUT2D eigenvalue weighted by atomic mass is 9.72. The van der Waals surface area contributed by atoms with Gasteiger partial charge in [-0.15, -0.1) is 0 Å². The first kappa shape index (κ1) is 24.1. The Morgan fingerprint density at radius 3 is 0.971 bits per heavy atom. The van der Waals surface area contributed by atoms with Gasteiger partial charge in [-0.2, -0.15) is 44.9 Å². The Labute approximate surface area is 194 Å². The van der Waals surface area contributed by atoms with E-state index in [-0.39, 0.29) is 41.5 Å². The van der Waals surface area contributed by atoms with Crippen LogP contribution in [0.25, 0.3) is 0 Å². The summed E-state index contributed by atoms with van der Waals surface area (Å²) in [5.41, 5.74) is 33.2. The first-order chi connectivity index (χ1) is 16.0. The van der Waals surface area contributed by atoms with E-state index in [9.17, 15) is 4.79 Å². The quantitative estimate of drug-likeness (QED) is 0.197. The molecule has 0 unspecified atom stereocenters. The van der Waals surface area contributed by atoms with Crippen LogP contribution < -0.4 is 34.4 Å². The van der Waals surface area contributed by atoms with Crippen LogP contribution in [0, 0.1) is 5.41 Å². The summed E-state index contributed by atoms with van der Waals surface area (Å²) >= 11 is 0. The molecule has 34 heavy (non-hydrogen) atoms. The first-order valence-electron chi connectivity index (χ1n) is 10.3. The Morgan fingerprint density at radius 1 is 0.529 bits per heavy atom. The van der Waals surface area contributed by atoms with Gasteiger partial charge in [-0.05, 0) is 26.2 Å². The third-order valence-electron chi connectivity index (χ3n) is 5.38. The number of nitrogens with two attached hydrogens (primary N) is 6. The predicted molar refractivity (Wildman–Crippen MR) is 124 cm³/mol.